The Morgan fingerprint density at radius 2 is 2.21 bits per heavy atom. The maximum Gasteiger partial charge on any atom is 0.0639 e. The van der Waals surface area contributed by atoms with Crippen LogP contribution in [-0.2, 0) is 0 Å². The molecule has 0 aromatic rings. The number of β-amino-alcohol motifs (C(OH)–C–C–N with tert-alkyl or cyclic N) is 1. The second-order valence-corrected chi connectivity index (χ2v) is 4.76. The van der Waals surface area contributed by atoms with Gasteiger partial charge in [0.15, 0.2) is 0 Å². The molecule has 1 saturated heterocycles. The first-order valence-corrected chi connectivity index (χ1v) is 6.12. The standard InChI is InChI=1S/C12H25NO/c1-3-4-5-6-12-7-8-13(10-12)9-11(2)14/h11-12,14H,3-10H2,1-2H3/t11-,12?/m0/s1. The van der Waals surface area contributed by atoms with Crippen molar-refractivity contribution in [2.45, 2.75) is 52.1 Å². The number of rotatable bonds is 6. The maximum atomic E-state index is 9.27. The van der Waals surface area contributed by atoms with Gasteiger partial charge in [-0.15, -0.1) is 0 Å². The molecule has 2 nitrogen and oxygen atoms in total. The van der Waals surface area contributed by atoms with Gasteiger partial charge >= 0.3 is 0 Å². The summed E-state index contributed by atoms with van der Waals surface area (Å²) in [5.41, 5.74) is 0. The van der Waals surface area contributed by atoms with Crippen molar-refractivity contribution in [2.75, 3.05) is 19.6 Å². The molecule has 0 saturated carbocycles. The number of aliphatic hydroxyl groups is 1. The summed E-state index contributed by atoms with van der Waals surface area (Å²) in [6.07, 6.45) is 6.67. The van der Waals surface area contributed by atoms with Crippen LogP contribution in [0.2, 0.25) is 0 Å². The van der Waals surface area contributed by atoms with Gasteiger partial charge < -0.3 is 10.0 Å². The highest BCUT2D eigenvalue weighted by atomic mass is 16.3. The highest BCUT2D eigenvalue weighted by Crippen LogP contribution is 2.21. The van der Waals surface area contributed by atoms with Crippen LogP contribution in [0.4, 0.5) is 0 Å². The maximum absolute atomic E-state index is 9.27. The molecule has 84 valence electrons. The van der Waals surface area contributed by atoms with Gasteiger partial charge in [0, 0.05) is 13.1 Å². The number of likely N-dealkylation sites (tertiary alicyclic amines) is 1. The third-order valence-electron chi connectivity index (χ3n) is 3.11. The van der Waals surface area contributed by atoms with Crippen LogP contribution in [-0.4, -0.2) is 35.7 Å². The Hall–Kier alpha value is -0.0800. The first kappa shape index (κ1) is 12.0. The topological polar surface area (TPSA) is 23.5 Å². The predicted octanol–water partition coefficient (Wildman–Crippen LogP) is 2.27. The fourth-order valence-corrected chi connectivity index (χ4v) is 2.37. The largest absolute Gasteiger partial charge is 0.392 e. The monoisotopic (exact) mass is 199 g/mol. The van der Waals surface area contributed by atoms with Gasteiger partial charge in [0.2, 0.25) is 0 Å². The van der Waals surface area contributed by atoms with E-state index in [2.05, 4.69) is 11.8 Å². The Morgan fingerprint density at radius 3 is 2.86 bits per heavy atom. The fourth-order valence-electron chi connectivity index (χ4n) is 2.37. The molecule has 1 aliphatic heterocycles. The Balaban J connectivity index is 2.08. The van der Waals surface area contributed by atoms with E-state index in [0.717, 1.165) is 12.5 Å². The first-order valence-electron chi connectivity index (χ1n) is 6.12. The van der Waals surface area contributed by atoms with Crippen LogP contribution < -0.4 is 0 Å². The van der Waals surface area contributed by atoms with Crippen molar-refractivity contribution in [1.82, 2.24) is 4.90 Å². The predicted molar refractivity (Wildman–Crippen MR) is 60.4 cm³/mol. The minimum atomic E-state index is -0.163. The molecule has 1 aliphatic rings. The molecule has 1 fully saturated rings. The number of nitrogens with zero attached hydrogens (tertiary/aromatic N) is 1. The summed E-state index contributed by atoms with van der Waals surface area (Å²) in [5, 5.41) is 9.27. The lowest BCUT2D eigenvalue weighted by molar-refractivity contribution is 0.138. The van der Waals surface area contributed by atoms with Gasteiger partial charge in [0.1, 0.15) is 0 Å². The Kier molecular flexibility index (Phi) is 5.49. The molecule has 0 amide bonds. The van der Waals surface area contributed by atoms with Gasteiger partial charge in [-0.05, 0) is 32.2 Å². The summed E-state index contributed by atoms with van der Waals surface area (Å²) in [6.45, 7) is 7.42. The average Bonchev–Trinajstić information content (AvgIpc) is 2.52. The molecule has 0 spiro atoms. The van der Waals surface area contributed by atoms with E-state index in [-0.39, 0.29) is 6.10 Å². The van der Waals surface area contributed by atoms with E-state index in [9.17, 15) is 5.11 Å². The molecule has 14 heavy (non-hydrogen) atoms. The minimum absolute atomic E-state index is 0.163. The van der Waals surface area contributed by atoms with Crippen LogP contribution in [0.15, 0.2) is 0 Å². The lowest BCUT2D eigenvalue weighted by Gasteiger charge is -2.17. The summed E-state index contributed by atoms with van der Waals surface area (Å²) in [7, 11) is 0. The second kappa shape index (κ2) is 6.41. The molecule has 0 bridgehead atoms. The minimum Gasteiger partial charge on any atom is -0.392 e. The van der Waals surface area contributed by atoms with Crippen LogP contribution >= 0.6 is 0 Å². The smallest absolute Gasteiger partial charge is 0.0639 e. The summed E-state index contributed by atoms with van der Waals surface area (Å²) in [5.74, 6) is 0.903. The van der Waals surface area contributed by atoms with E-state index < -0.39 is 0 Å². The zero-order chi connectivity index (χ0) is 10.4. The van der Waals surface area contributed by atoms with E-state index in [1.807, 2.05) is 6.92 Å². The van der Waals surface area contributed by atoms with Gasteiger partial charge in [0.05, 0.1) is 6.10 Å². The van der Waals surface area contributed by atoms with E-state index in [0.29, 0.717) is 0 Å². The van der Waals surface area contributed by atoms with Gasteiger partial charge in [0.25, 0.3) is 0 Å². The van der Waals surface area contributed by atoms with E-state index in [4.69, 9.17) is 0 Å². The molecular weight excluding hydrogens is 174 g/mol. The van der Waals surface area contributed by atoms with Gasteiger partial charge in [-0.3, -0.25) is 0 Å². The first-order chi connectivity index (χ1) is 6.72. The highest BCUT2D eigenvalue weighted by molar-refractivity contribution is 4.76. The number of hydrogen-bond donors (Lipinski definition) is 1. The van der Waals surface area contributed by atoms with Crippen molar-refractivity contribution in [3.8, 4) is 0 Å². The zero-order valence-electron chi connectivity index (χ0n) is 9.71. The molecule has 0 aromatic carbocycles. The lowest BCUT2D eigenvalue weighted by Crippen LogP contribution is -2.28. The molecular formula is C12H25NO. The summed E-state index contributed by atoms with van der Waals surface area (Å²) in [4.78, 5) is 2.40. The quantitative estimate of drug-likeness (QED) is 0.663. The third-order valence-corrected chi connectivity index (χ3v) is 3.11. The van der Waals surface area contributed by atoms with Crippen molar-refractivity contribution in [2.24, 2.45) is 5.92 Å². The SMILES string of the molecule is CCCCCC1CCN(C[C@H](C)O)C1. The van der Waals surface area contributed by atoms with Crippen LogP contribution in [0.5, 0.6) is 0 Å². The normalized spacial score (nSPS) is 25.5. The molecule has 0 radical (unpaired) electrons. The van der Waals surface area contributed by atoms with Gasteiger partial charge in [-0.1, -0.05) is 26.2 Å². The summed E-state index contributed by atoms with van der Waals surface area (Å²) in [6, 6.07) is 0. The molecule has 0 aliphatic carbocycles. The number of aliphatic hydroxyl groups excluding tert-OH is 1. The van der Waals surface area contributed by atoms with Crippen LogP contribution in [0, 0.1) is 5.92 Å². The molecule has 1 rings (SSSR count). The third kappa shape index (κ3) is 4.43. The molecule has 2 heteroatoms. The molecule has 0 aromatic heterocycles. The second-order valence-electron chi connectivity index (χ2n) is 4.76. The number of unbranched alkanes of at least 4 members (excludes halogenated alkanes) is 2. The van der Waals surface area contributed by atoms with Gasteiger partial charge in [-0.2, -0.15) is 0 Å². The Morgan fingerprint density at radius 1 is 1.43 bits per heavy atom. The van der Waals surface area contributed by atoms with Crippen LogP contribution in [0.1, 0.15) is 46.0 Å². The van der Waals surface area contributed by atoms with Crippen molar-refractivity contribution in [1.29, 1.82) is 0 Å². The molecule has 1 N–H and O–H groups in total. The fraction of sp³-hybridized carbons (Fsp3) is 1.00. The van der Waals surface area contributed by atoms with Crippen molar-refractivity contribution < 1.29 is 5.11 Å². The van der Waals surface area contributed by atoms with Crippen molar-refractivity contribution in [3.63, 3.8) is 0 Å². The van der Waals surface area contributed by atoms with Crippen LogP contribution in [0.3, 0.4) is 0 Å². The van der Waals surface area contributed by atoms with E-state index >= 15 is 0 Å². The van der Waals surface area contributed by atoms with E-state index in [1.165, 1.54) is 45.2 Å². The molecule has 2 atom stereocenters. The number of hydrogen-bond acceptors (Lipinski definition) is 2. The van der Waals surface area contributed by atoms with Crippen molar-refractivity contribution >= 4 is 0 Å². The van der Waals surface area contributed by atoms with Gasteiger partial charge in [-0.25, -0.2) is 0 Å². The molecule has 1 unspecified atom stereocenters. The zero-order valence-corrected chi connectivity index (χ0v) is 9.71. The Labute approximate surface area is 88.3 Å². The summed E-state index contributed by atoms with van der Waals surface area (Å²) >= 11 is 0. The Bertz CT molecular complexity index is 147. The van der Waals surface area contributed by atoms with Crippen LogP contribution in [0.25, 0.3) is 0 Å². The lowest BCUT2D eigenvalue weighted by atomic mass is 10.0. The molecule has 1 heterocycles. The van der Waals surface area contributed by atoms with E-state index in [1.54, 1.807) is 0 Å². The summed E-state index contributed by atoms with van der Waals surface area (Å²) < 4.78 is 0. The highest BCUT2D eigenvalue weighted by Gasteiger charge is 2.22. The van der Waals surface area contributed by atoms with Crippen molar-refractivity contribution in [3.05, 3.63) is 0 Å². The average molecular weight is 199 g/mol.